The van der Waals surface area contributed by atoms with Crippen LogP contribution in [0.2, 0.25) is 0 Å². The van der Waals surface area contributed by atoms with Crippen molar-refractivity contribution in [3.63, 3.8) is 0 Å². The van der Waals surface area contributed by atoms with Crippen LogP contribution < -0.4 is 19.7 Å². The van der Waals surface area contributed by atoms with Crippen LogP contribution in [-0.4, -0.2) is 93.2 Å². The molecule has 13 heteroatoms. The average Bonchev–Trinajstić information content (AvgIpc) is 3.70. The van der Waals surface area contributed by atoms with Crippen LogP contribution in [0.25, 0.3) is 5.95 Å². The molecule has 0 spiro atoms. The Kier molecular flexibility index (Phi) is 7.24. The third-order valence-corrected chi connectivity index (χ3v) is 6.95. The second-order valence-corrected chi connectivity index (χ2v) is 9.55. The number of aromatic nitrogens is 4. The van der Waals surface area contributed by atoms with Crippen LogP contribution in [0.5, 0.6) is 11.5 Å². The molecule has 3 aliphatic rings. The van der Waals surface area contributed by atoms with Crippen molar-refractivity contribution in [2.45, 2.75) is 18.9 Å². The van der Waals surface area contributed by atoms with Crippen LogP contribution in [0.1, 0.15) is 12.0 Å². The molecule has 1 saturated heterocycles. The Morgan fingerprint density at radius 2 is 2.02 bits per heavy atom. The maximum Gasteiger partial charge on any atom is 0.325 e. The normalized spacial score (nSPS) is 17.8. The van der Waals surface area contributed by atoms with E-state index in [9.17, 15) is 9.59 Å². The Hall–Kier alpha value is -4.94. The fraction of sp³-hybridized carbons (Fsp3) is 0.333. The first-order valence-corrected chi connectivity index (χ1v) is 13.1. The Labute approximate surface area is 230 Å². The van der Waals surface area contributed by atoms with Crippen LogP contribution >= 0.6 is 0 Å². The number of urea groups is 1. The van der Waals surface area contributed by atoms with Crippen molar-refractivity contribution in [2.75, 3.05) is 44.4 Å². The Balaban J connectivity index is 1.14. The highest BCUT2D eigenvalue weighted by molar-refractivity contribution is 5.87. The van der Waals surface area contributed by atoms with Crippen LogP contribution in [0.15, 0.2) is 66.5 Å². The number of hydrogen-bond donors (Lipinski definition) is 1. The summed E-state index contributed by atoms with van der Waals surface area (Å²) in [6.07, 6.45) is 12.7. The molecule has 0 aliphatic carbocycles. The summed E-state index contributed by atoms with van der Waals surface area (Å²) in [5.41, 5.74) is 1.05. The molecule has 206 valence electrons. The van der Waals surface area contributed by atoms with E-state index in [4.69, 9.17) is 14.5 Å². The van der Waals surface area contributed by atoms with Crippen molar-refractivity contribution in [1.82, 2.24) is 34.6 Å². The maximum atomic E-state index is 13.2. The molecule has 3 aliphatic heterocycles. The number of anilines is 1. The number of nitrogens with zero attached hydrogens (tertiary/aromatic N) is 8. The van der Waals surface area contributed by atoms with Crippen molar-refractivity contribution >= 4 is 24.1 Å². The fourth-order valence-corrected chi connectivity index (χ4v) is 4.93. The zero-order valence-electron chi connectivity index (χ0n) is 21.8. The third-order valence-electron chi connectivity index (χ3n) is 6.95. The largest absolute Gasteiger partial charge is 0.454 e. The number of amides is 3. The Morgan fingerprint density at radius 1 is 1.10 bits per heavy atom. The molecule has 0 bridgehead atoms. The van der Waals surface area contributed by atoms with E-state index in [0.29, 0.717) is 50.9 Å². The quantitative estimate of drug-likeness (QED) is 0.476. The number of nitrogens with one attached hydrogen (secondary N) is 1. The van der Waals surface area contributed by atoms with Crippen molar-refractivity contribution in [3.8, 4) is 17.4 Å². The molecule has 1 fully saturated rings. The molecular weight excluding hydrogens is 514 g/mol. The molecule has 1 N–H and O–H groups in total. The SMILES string of the molecule is O=C(CC1CN(C(=O)N2C=NC=CC2)CCN1c1ccnc(-n2ccnc2)n1)NCCc1ccc2c(c1)OCO2. The number of rotatable bonds is 7. The zero-order chi connectivity index (χ0) is 27.3. The minimum atomic E-state index is -0.286. The first-order valence-electron chi connectivity index (χ1n) is 13.1. The summed E-state index contributed by atoms with van der Waals surface area (Å²) in [5, 5.41) is 3.03. The van der Waals surface area contributed by atoms with E-state index in [-0.39, 0.29) is 31.2 Å². The first-order chi connectivity index (χ1) is 19.6. The van der Waals surface area contributed by atoms with Gasteiger partial charge >= 0.3 is 6.03 Å². The van der Waals surface area contributed by atoms with Gasteiger partial charge in [0.15, 0.2) is 11.5 Å². The molecule has 2 aromatic heterocycles. The monoisotopic (exact) mass is 543 g/mol. The van der Waals surface area contributed by atoms with Gasteiger partial charge in [-0.25, -0.2) is 19.8 Å². The van der Waals surface area contributed by atoms with E-state index in [1.807, 2.05) is 30.3 Å². The van der Waals surface area contributed by atoms with Gasteiger partial charge in [-0.3, -0.25) is 14.3 Å². The molecule has 13 nitrogen and oxygen atoms in total. The molecule has 6 rings (SSSR count). The van der Waals surface area contributed by atoms with E-state index < -0.39 is 0 Å². The fourth-order valence-electron chi connectivity index (χ4n) is 4.93. The molecular formula is C27H29N9O4. The van der Waals surface area contributed by atoms with E-state index in [1.54, 1.807) is 45.5 Å². The van der Waals surface area contributed by atoms with E-state index in [2.05, 4.69) is 25.2 Å². The van der Waals surface area contributed by atoms with E-state index in [1.165, 1.54) is 6.34 Å². The van der Waals surface area contributed by atoms with E-state index in [0.717, 1.165) is 17.1 Å². The van der Waals surface area contributed by atoms with Crippen molar-refractivity contribution < 1.29 is 19.1 Å². The molecule has 0 radical (unpaired) electrons. The van der Waals surface area contributed by atoms with Gasteiger partial charge in [-0.05, 0) is 36.3 Å². The molecule has 0 saturated carbocycles. The smallest absolute Gasteiger partial charge is 0.325 e. The van der Waals surface area contributed by atoms with Gasteiger partial charge in [0.25, 0.3) is 0 Å². The molecule has 3 amide bonds. The summed E-state index contributed by atoms with van der Waals surface area (Å²) in [6, 6.07) is 7.19. The number of aliphatic imine (C=N–C) groups is 1. The number of carbonyl (C=O) groups excluding carboxylic acids is 2. The van der Waals surface area contributed by atoms with E-state index >= 15 is 0 Å². The van der Waals surface area contributed by atoms with Crippen LogP contribution in [0.3, 0.4) is 0 Å². The average molecular weight is 544 g/mol. The molecule has 1 atom stereocenters. The number of hydrogen-bond acceptors (Lipinski definition) is 9. The molecule has 40 heavy (non-hydrogen) atoms. The maximum absolute atomic E-state index is 13.2. The van der Waals surface area contributed by atoms with Gasteiger partial charge in [0.1, 0.15) is 12.1 Å². The Bertz CT molecular complexity index is 1430. The summed E-state index contributed by atoms with van der Waals surface area (Å²) in [5.74, 6) is 2.53. The Morgan fingerprint density at radius 3 is 2.88 bits per heavy atom. The van der Waals surface area contributed by atoms with Crippen LogP contribution in [-0.2, 0) is 11.2 Å². The van der Waals surface area contributed by atoms with Crippen molar-refractivity contribution in [2.24, 2.45) is 4.99 Å². The van der Waals surface area contributed by atoms with Crippen LogP contribution in [0, 0.1) is 0 Å². The summed E-state index contributed by atoms with van der Waals surface area (Å²) in [7, 11) is 0. The lowest BCUT2D eigenvalue weighted by molar-refractivity contribution is -0.121. The molecule has 1 unspecified atom stereocenters. The topological polar surface area (TPSA) is 130 Å². The number of ether oxygens (including phenoxy) is 2. The van der Waals surface area contributed by atoms with Gasteiger partial charge in [-0.1, -0.05) is 6.07 Å². The number of benzene rings is 1. The summed E-state index contributed by atoms with van der Waals surface area (Å²) in [6.45, 7) is 2.54. The molecule has 1 aromatic carbocycles. The molecule has 3 aromatic rings. The van der Waals surface area contributed by atoms with Gasteiger partial charge in [0.2, 0.25) is 18.6 Å². The lowest BCUT2D eigenvalue weighted by atomic mass is 10.1. The second kappa shape index (κ2) is 11.4. The lowest BCUT2D eigenvalue weighted by Gasteiger charge is -2.42. The zero-order valence-corrected chi connectivity index (χ0v) is 21.8. The van der Waals surface area contributed by atoms with Gasteiger partial charge in [-0.2, -0.15) is 4.98 Å². The van der Waals surface area contributed by atoms with Gasteiger partial charge in [-0.15, -0.1) is 0 Å². The predicted octanol–water partition coefficient (Wildman–Crippen LogP) is 1.61. The highest BCUT2D eigenvalue weighted by Crippen LogP contribution is 2.32. The third kappa shape index (κ3) is 5.58. The van der Waals surface area contributed by atoms with Crippen molar-refractivity contribution in [1.29, 1.82) is 0 Å². The number of fused-ring (bicyclic) bond motifs is 1. The minimum Gasteiger partial charge on any atom is -0.454 e. The highest BCUT2D eigenvalue weighted by Gasteiger charge is 2.33. The second-order valence-electron chi connectivity index (χ2n) is 9.55. The van der Waals surface area contributed by atoms with Gasteiger partial charge in [0.05, 0.1) is 12.4 Å². The lowest BCUT2D eigenvalue weighted by Crippen LogP contribution is -2.58. The highest BCUT2D eigenvalue weighted by atomic mass is 16.7. The first kappa shape index (κ1) is 25.3. The van der Waals surface area contributed by atoms with Gasteiger partial charge < -0.3 is 24.6 Å². The number of carbonyl (C=O) groups is 2. The minimum absolute atomic E-state index is 0.101. The summed E-state index contributed by atoms with van der Waals surface area (Å²) >= 11 is 0. The van der Waals surface area contributed by atoms with Crippen LogP contribution in [0.4, 0.5) is 10.6 Å². The standard InChI is InChI=1S/C27H29N9O4/c37-25(30-7-4-20-2-3-22-23(14-20)40-19-39-22)15-21-16-33(27(38)35-10-1-6-28-18-35)12-13-36(21)24-5-8-31-26(32-24)34-11-9-29-17-34/h1-3,5-6,8-9,11,14,17-18,21H,4,7,10,12-13,15-16,19H2,(H,30,37). The number of imidazole rings is 1. The van der Waals surface area contributed by atoms with Crippen molar-refractivity contribution in [3.05, 3.63) is 67.0 Å². The predicted molar refractivity (Wildman–Crippen MR) is 145 cm³/mol. The summed E-state index contributed by atoms with van der Waals surface area (Å²) in [4.78, 5) is 49.0. The molecule has 5 heterocycles. The summed E-state index contributed by atoms with van der Waals surface area (Å²) < 4.78 is 12.5. The number of piperazine rings is 1. The van der Waals surface area contributed by atoms with Gasteiger partial charge in [0, 0.05) is 63.9 Å².